The fourth-order valence-electron chi connectivity index (χ4n) is 3.59. The molecule has 2 saturated heterocycles. The number of hydrogen-bond donors (Lipinski definition) is 2. The Morgan fingerprint density at radius 2 is 2.09 bits per heavy atom. The number of pyridine rings is 1. The minimum Gasteiger partial charge on any atom is -0.374 e. The predicted octanol–water partition coefficient (Wildman–Crippen LogP) is 2.33. The highest BCUT2D eigenvalue weighted by atomic mass is 16.5. The Balaban J connectivity index is 1.25. The lowest BCUT2D eigenvalue weighted by atomic mass is 9.88. The average molecular weight is 311 g/mol. The van der Waals surface area contributed by atoms with Crippen LogP contribution in [-0.4, -0.2) is 36.2 Å². The maximum absolute atomic E-state index is 12.2. The smallest absolute Gasteiger partial charge is 0.225 e. The van der Waals surface area contributed by atoms with Gasteiger partial charge in [-0.25, -0.2) is 4.98 Å². The quantitative estimate of drug-likeness (QED) is 0.832. The van der Waals surface area contributed by atoms with E-state index in [0.717, 1.165) is 36.0 Å². The average Bonchev–Trinajstić information content (AvgIpc) is 3.21. The van der Waals surface area contributed by atoms with E-state index in [4.69, 9.17) is 4.74 Å². The van der Waals surface area contributed by atoms with Crippen LogP contribution in [-0.2, 0) is 9.53 Å². The third-order valence-corrected chi connectivity index (χ3v) is 4.77. The molecule has 2 aromatic rings. The van der Waals surface area contributed by atoms with Crippen molar-refractivity contribution in [2.24, 2.45) is 5.92 Å². The van der Waals surface area contributed by atoms with Crippen molar-refractivity contribution >= 4 is 22.6 Å². The summed E-state index contributed by atoms with van der Waals surface area (Å²) in [6.07, 6.45) is 3.49. The monoisotopic (exact) mass is 311 g/mol. The number of hydrogen-bond acceptors (Lipinski definition) is 4. The van der Waals surface area contributed by atoms with E-state index in [2.05, 4.69) is 21.7 Å². The van der Waals surface area contributed by atoms with E-state index in [0.29, 0.717) is 19.2 Å². The minimum absolute atomic E-state index is 0.0487. The molecule has 0 spiro atoms. The molecule has 3 heterocycles. The van der Waals surface area contributed by atoms with Crippen molar-refractivity contribution in [3.63, 3.8) is 0 Å². The Hall–Kier alpha value is -2.14. The molecule has 2 bridgehead atoms. The van der Waals surface area contributed by atoms with E-state index in [-0.39, 0.29) is 17.9 Å². The summed E-state index contributed by atoms with van der Waals surface area (Å²) >= 11 is 0. The van der Waals surface area contributed by atoms with Crippen molar-refractivity contribution < 1.29 is 9.53 Å². The molecule has 2 aliphatic rings. The van der Waals surface area contributed by atoms with Gasteiger partial charge in [0.15, 0.2) is 0 Å². The van der Waals surface area contributed by atoms with Crippen LogP contribution < -0.4 is 10.6 Å². The third-order valence-electron chi connectivity index (χ3n) is 4.77. The molecule has 5 nitrogen and oxygen atoms in total. The molecule has 1 aromatic carbocycles. The number of carbonyl (C=O) groups is 1. The number of benzene rings is 1. The summed E-state index contributed by atoms with van der Waals surface area (Å²) in [4.78, 5) is 16.7. The Labute approximate surface area is 135 Å². The highest BCUT2D eigenvalue weighted by Gasteiger charge is 2.44. The number of aromatic nitrogens is 1. The van der Waals surface area contributed by atoms with Gasteiger partial charge >= 0.3 is 0 Å². The first kappa shape index (κ1) is 14.5. The highest BCUT2D eigenvalue weighted by Crippen LogP contribution is 2.38. The lowest BCUT2D eigenvalue weighted by Gasteiger charge is -2.18. The van der Waals surface area contributed by atoms with Crippen LogP contribution in [0.3, 0.4) is 0 Å². The fourth-order valence-corrected chi connectivity index (χ4v) is 3.59. The molecule has 4 rings (SSSR count). The molecule has 1 aromatic heterocycles. The first-order valence-corrected chi connectivity index (χ1v) is 8.32. The van der Waals surface area contributed by atoms with Gasteiger partial charge in [0.05, 0.1) is 23.6 Å². The summed E-state index contributed by atoms with van der Waals surface area (Å²) < 4.78 is 5.74. The largest absolute Gasteiger partial charge is 0.374 e. The number of rotatable bonds is 5. The van der Waals surface area contributed by atoms with Crippen LogP contribution in [0.5, 0.6) is 0 Å². The second-order valence-electron chi connectivity index (χ2n) is 6.32. The topological polar surface area (TPSA) is 63.2 Å². The van der Waals surface area contributed by atoms with Crippen molar-refractivity contribution in [3.8, 4) is 0 Å². The standard InChI is InChI=1S/C18H21N3O2/c22-18(14-11-13-6-7-16(14)23-13)20-10-9-19-17-8-5-12-3-1-2-4-15(12)21-17/h1-5,8,13-14,16H,6-7,9-11H2,(H,19,21)(H,20,22)/t13-,14-,16-/m1/s1. The summed E-state index contributed by atoms with van der Waals surface area (Å²) in [6, 6.07) is 12.0. The summed E-state index contributed by atoms with van der Waals surface area (Å²) in [5, 5.41) is 7.39. The molecule has 23 heavy (non-hydrogen) atoms. The SMILES string of the molecule is O=C(NCCNc1ccc2ccccc2n1)[C@@H]1C[C@H]2CC[C@H]1O2. The molecule has 0 saturated carbocycles. The molecule has 0 radical (unpaired) electrons. The number of ether oxygens (including phenoxy) is 1. The van der Waals surface area contributed by atoms with Gasteiger partial charge in [0.1, 0.15) is 5.82 Å². The fraction of sp³-hybridized carbons (Fsp3) is 0.444. The molecule has 2 fully saturated rings. The number of nitrogens with one attached hydrogen (secondary N) is 2. The van der Waals surface area contributed by atoms with Crippen LogP contribution in [0.15, 0.2) is 36.4 Å². The Morgan fingerprint density at radius 1 is 1.17 bits per heavy atom. The summed E-state index contributed by atoms with van der Waals surface area (Å²) in [5.74, 6) is 1.01. The van der Waals surface area contributed by atoms with E-state index in [1.54, 1.807) is 0 Å². The Kier molecular flexibility index (Phi) is 3.87. The molecule has 1 amide bonds. The van der Waals surface area contributed by atoms with Gasteiger partial charge in [-0.2, -0.15) is 0 Å². The predicted molar refractivity (Wildman–Crippen MR) is 89.2 cm³/mol. The van der Waals surface area contributed by atoms with E-state index >= 15 is 0 Å². The molecule has 120 valence electrons. The zero-order valence-corrected chi connectivity index (χ0v) is 13.0. The van der Waals surface area contributed by atoms with Crippen LogP contribution in [0.1, 0.15) is 19.3 Å². The van der Waals surface area contributed by atoms with Gasteiger partial charge in [0.25, 0.3) is 0 Å². The van der Waals surface area contributed by atoms with Crippen LogP contribution >= 0.6 is 0 Å². The molecule has 2 N–H and O–H groups in total. The molecular weight excluding hydrogens is 290 g/mol. The third kappa shape index (κ3) is 3.01. The second-order valence-corrected chi connectivity index (χ2v) is 6.32. The summed E-state index contributed by atoms with van der Waals surface area (Å²) in [6.45, 7) is 1.26. The van der Waals surface area contributed by atoms with E-state index < -0.39 is 0 Å². The molecular formula is C18H21N3O2. The van der Waals surface area contributed by atoms with Crippen molar-refractivity contribution in [1.29, 1.82) is 0 Å². The number of para-hydroxylation sites is 1. The van der Waals surface area contributed by atoms with Gasteiger partial charge in [-0.3, -0.25) is 4.79 Å². The van der Waals surface area contributed by atoms with Gasteiger partial charge in [0, 0.05) is 18.5 Å². The van der Waals surface area contributed by atoms with Gasteiger partial charge in [0.2, 0.25) is 5.91 Å². The zero-order chi connectivity index (χ0) is 15.6. The van der Waals surface area contributed by atoms with E-state index in [1.165, 1.54) is 0 Å². The Morgan fingerprint density at radius 3 is 2.91 bits per heavy atom. The number of carbonyl (C=O) groups excluding carboxylic acids is 1. The number of fused-ring (bicyclic) bond motifs is 3. The van der Waals surface area contributed by atoms with Crippen LogP contribution in [0.25, 0.3) is 10.9 Å². The summed E-state index contributed by atoms with van der Waals surface area (Å²) in [7, 11) is 0. The number of amides is 1. The maximum atomic E-state index is 12.2. The van der Waals surface area contributed by atoms with Crippen LogP contribution in [0.2, 0.25) is 0 Å². The molecule has 2 aliphatic heterocycles. The molecule has 5 heteroatoms. The van der Waals surface area contributed by atoms with Crippen LogP contribution in [0, 0.1) is 5.92 Å². The van der Waals surface area contributed by atoms with Crippen molar-refractivity contribution in [2.75, 3.05) is 18.4 Å². The van der Waals surface area contributed by atoms with Crippen LogP contribution in [0.4, 0.5) is 5.82 Å². The van der Waals surface area contributed by atoms with E-state index in [1.807, 2.05) is 30.3 Å². The van der Waals surface area contributed by atoms with Gasteiger partial charge in [-0.05, 0) is 37.5 Å². The molecule has 0 aliphatic carbocycles. The van der Waals surface area contributed by atoms with Gasteiger partial charge in [-0.1, -0.05) is 18.2 Å². The molecule has 0 unspecified atom stereocenters. The zero-order valence-electron chi connectivity index (χ0n) is 13.0. The number of nitrogens with zero attached hydrogens (tertiary/aromatic N) is 1. The van der Waals surface area contributed by atoms with Crippen molar-refractivity contribution in [2.45, 2.75) is 31.5 Å². The second kappa shape index (κ2) is 6.16. The first-order valence-electron chi connectivity index (χ1n) is 8.32. The van der Waals surface area contributed by atoms with E-state index in [9.17, 15) is 4.79 Å². The first-order chi connectivity index (χ1) is 11.3. The number of anilines is 1. The minimum atomic E-state index is 0.0487. The summed E-state index contributed by atoms with van der Waals surface area (Å²) in [5.41, 5.74) is 0.973. The normalized spacial score (nSPS) is 25.7. The molecule has 3 atom stereocenters. The highest BCUT2D eigenvalue weighted by molar-refractivity contribution is 5.80. The van der Waals surface area contributed by atoms with Gasteiger partial charge in [-0.15, -0.1) is 0 Å². The maximum Gasteiger partial charge on any atom is 0.225 e. The van der Waals surface area contributed by atoms with Gasteiger partial charge < -0.3 is 15.4 Å². The van der Waals surface area contributed by atoms with Crippen molar-refractivity contribution in [1.82, 2.24) is 10.3 Å². The lowest BCUT2D eigenvalue weighted by molar-refractivity contribution is -0.126. The Bertz CT molecular complexity index is 718. The van der Waals surface area contributed by atoms with Crippen molar-refractivity contribution in [3.05, 3.63) is 36.4 Å². The lowest BCUT2D eigenvalue weighted by Crippen LogP contribution is -2.38.